The number of hydrogen-bond donors (Lipinski definition) is 4. The summed E-state index contributed by atoms with van der Waals surface area (Å²) in [6.45, 7) is -0.393. The first kappa shape index (κ1) is 23.9. The summed E-state index contributed by atoms with van der Waals surface area (Å²) in [6, 6.07) is 18.6. The molecular weight excluding hydrogens is 456 g/mol. The van der Waals surface area contributed by atoms with Crippen molar-refractivity contribution in [3.8, 4) is 11.1 Å². The van der Waals surface area contributed by atoms with E-state index in [0.29, 0.717) is 0 Å². The van der Waals surface area contributed by atoms with Gasteiger partial charge in [-0.1, -0.05) is 48.5 Å². The molecule has 0 fully saturated rings. The summed E-state index contributed by atoms with van der Waals surface area (Å²) < 4.78 is 5.36. The fourth-order valence-corrected chi connectivity index (χ4v) is 4.24. The molecule has 10 heteroatoms. The Morgan fingerprint density at radius 1 is 1.00 bits per heavy atom. The number of aliphatic hydroxyl groups is 2. The highest BCUT2D eigenvalue weighted by atomic mass is 16.6. The van der Waals surface area contributed by atoms with Gasteiger partial charge in [-0.3, -0.25) is 10.1 Å². The van der Waals surface area contributed by atoms with Crippen molar-refractivity contribution < 1.29 is 34.6 Å². The lowest BCUT2D eigenvalue weighted by Gasteiger charge is -2.19. The number of nitrogens with one attached hydrogen (secondary N) is 1. The Labute approximate surface area is 199 Å². The summed E-state index contributed by atoms with van der Waals surface area (Å²) in [5.74, 6) is -1.52. The molecule has 0 aromatic heterocycles. The number of nitro benzene ring substituents is 1. The molecule has 0 radical (unpaired) electrons. The maximum atomic E-state index is 12.3. The average Bonchev–Trinajstić information content (AvgIpc) is 3.18. The number of rotatable bonds is 8. The SMILES string of the molecule is O=C(NCC(O)C(O)c1ccc(C(=O)O)cc1[N+](=O)[O-])OCC1c2ccccc2-c2ccccc21. The van der Waals surface area contributed by atoms with Gasteiger partial charge < -0.3 is 25.4 Å². The number of nitrogens with zero attached hydrogens (tertiary/aromatic N) is 1. The highest BCUT2D eigenvalue weighted by Gasteiger charge is 2.30. The highest BCUT2D eigenvalue weighted by molar-refractivity contribution is 5.88. The van der Waals surface area contributed by atoms with Gasteiger partial charge in [-0.25, -0.2) is 9.59 Å². The van der Waals surface area contributed by atoms with Crippen LogP contribution in [0.1, 0.15) is 39.1 Å². The third kappa shape index (κ3) is 4.84. The van der Waals surface area contributed by atoms with E-state index in [0.717, 1.165) is 40.5 Å². The van der Waals surface area contributed by atoms with Crippen LogP contribution < -0.4 is 5.32 Å². The molecule has 0 heterocycles. The second kappa shape index (κ2) is 9.92. The average molecular weight is 478 g/mol. The van der Waals surface area contributed by atoms with Gasteiger partial charge in [0.1, 0.15) is 18.8 Å². The van der Waals surface area contributed by atoms with E-state index in [1.165, 1.54) is 0 Å². The molecular formula is C25H22N2O8. The number of hydrogen-bond acceptors (Lipinski definition) is 7. The van der Waals surface area contributed by atoms with Crippen LogP contribution in [0.4, 0.5) is 10.5 Å². The second-order valence-corrected chi connectivity index (χ2v) is 8.05. The standard InChI is InChI=1S/C25H22N2O8/c28-22(23(29)19-10-9-14(24(30)31)11-21(19)27(33)34)12-26-25(32)35-13-20-17-7-3-1-5-15(17)16-6-2-4-8-18(16)20/h1-11,20,22-23,28-29H,12-13H2,(H,26,32)(H,30,31). The first-order chi connectivity index (χ1) is 16.8. The lowest BCUT2D eigenvalue weighted by Crippen LogP contribution is -2.36. The van der Waals surface area contributed by atoms with Gasteiger partial charge in [0, 0.05) is 18.5 Å². The van der Waals surface area contributed by atoms with E-state index >= 15 is 0 Å². The van der Waals surface area contributed by atoms with E-state index in [-0.39, 0.29) is 23.7 Å². The van der Waals surface area contributed by atoms with Gasteiger partial charge in [0.05, 0.1) is 16.1 Å². The summed E-state index contributed by atoms with van der Waals surface area (Å²) in [6.07, 6.45) is -4.18. The molecule has 2 unspecified atom stereocenters. The number of aliphatic hydroxyl groups excluding tert-OH is 2. The van der Waals surface area contributed by atoms with E-state index in [1.807, 2.05) is 48.5 Å². The number of fused-ring (bicyclic) bond motifs is 3. The zero-order valence-corrected chi connectivity index (χ0v) is 18.3. The normalized spacial score (nSPS) is 13.9. The van der Waals surface area contributed by atoms with Crippen LogP contribution in [0.15, 0.2) is 66.7 Å². The van der Waals surface area contributed by atoms with Crippen LogP contribution in [0.3, 0.4) is 0 Å². The van der Waals surface area contributed by atoms with Crippen LogP contribution >= 0.6 is 0 Å². The molecule has 1 aliphatic carbocycles. The third-order valence-electron chi connectivity index (χ3n) is 5.96. The fourth-order valence-electron chi connectivity index (χ4n) is 4.24. The number of ether oxygens (including phenoxy) is 1. The minimum absolute atomic E-state index is 0.0562. The van der Waals surface area contributed by atoms with Gasteiger partial charge in [-0.05, 0) is 34.4 Å². The quantitative estimate of drug-likeness (QED) is 0.284. The molecule has 3 aromatic rings. The van der Waals surface area contributed by atoms with E-state index in [4.69, 9.17) is 9.84 Å². The highest BCUT2D eigenvalue weighted by Crippen LogP contribution is 2.44. The van der Waals surface area contributed by atoms with Crippen molar-refractivity contribution in [2.45, 2.75) is 18.1 Å². The molecule has 0 bridgehead atoms. The number of carbonyl (C=O) groups is 2. The number of carboxylic acids is 1. The molecule has 4 N–H and O–H groups in total. The van der Waals surface area contributed by atoms with Crippen molar-refractivity contribution in [2.75, 3.05) is 13.2 Å². The molecule has 35 heavy (non-hydrogen) atoms. The number of carbonyl (C=O) groups excluding carboxylic acids is 1. The van der Waals surface area contributed by atoms with E-state index < -0.39 is 41.4 Å². The largest absolute Gasteiger partial charge is 0.478 e. The molecule has 0 aliphatic heterocycles. The second-order valence-electron chi connectivity index (χ2n) is 8.05. The van der Waals surface area contributed by atoms with Gasteiger partial charge >= 0.3 is 12.1 Å². The molecule has 1 aliphatic rings. The molecule has 0 saturated heterocycles. The first-order valence-electron chi connectivity index (χ1n) is 10.7. The number of nitro groups is 1. The molecule has 10 nitrogen and oxygen atoms in total. The first-order valence-corrected chi connectivity index (χ1v) is 10.7. The van der Waals surface area contributed by atoms with Gasteiger partial charge in [-0.2, -0.15) is 0 Å². The molecule has 4 rings (SSSR count). The predicted octanol–water partition coefficient (Wildman–Crippen LogP) is 3.23. The number of aromatic carboxylic acids is 1. The summed E-state index contributed by atoms with van der Waals surface area (Å²) >= 11 is 0. The van der Waals surface area contributed by atoms with Crippen molar-refractivity contribution >= 4 is 17.7 Å². The Kier molecular flexibility index (Phi) is 6.76. The van der Waals surface area contributed by atoms with E-state index in [2.05, 4.69) is 5.32 Å². The Morgan fingerprint density at radius 3 is 2.17 bits per heavy atom. The summed E-state index contributed by atoms with van der Waals surface area (Å²) in [7, 11) is 0. The number of carboxylic acid groups (broad SMARTS) is 1. The molecule has 0 spiro atoms. The van der Waals surface area contributed by atoms with Gasteiger partial charge in [0.15, 0.2) is 0 Å². The van der Waals surface area contributed by atoms with Crippen LogP contribution in [-0.4, -0.2) is 51.6 Å². The molecule has 1 amide bonds. The van der Waals surface area contributed by atoms with Crippen LogP contribution in [0, 0.1) is 10.1 Å². The zero-order chi connectivity index (χ0) is 25.1. The zero-order valence-electron chi connectivity index (χ0n) is 18.3. The summed E-state index contributed by atoms with van der Waals surface area (Å²) in [4.78, 5) is 33.8. The summed E-state index contributed by atoms with van der Waals surface area (Å²) in [5.41, 5.74) is 2.96. The lowest BCUT2D eigenvalue weighted by molar-refractivity contribution is -0.386. The molecule has 180 valence electrons. The molecule has 2 atom stereocenters. The van der Waals surface area contributed by atoms with Crippen LogP contribution in [0.25, 0.3) is 11.1 Å². The van der Waals surface area contributed by atoms with Crippen molar-refractivity contribution in [3.05, 3.63) is 99.1 Å². The number of benzene rings is 3. The van der Waals surface area contributed by atoms with Crippen molar-refractivity contribution in [1.29, 1.82) is 0 Å². The van der Waals surface area contributed by atoms with Gasteiger partial charge in [0.25, 0.3) is 5.69 Å². The Morgan fingerprint density at radius 2 is 1.60 bits per heavy atom. The number of amides is 1. The van der Waals surface area contributed by atoms with E-state index in [9.17, 15) is 29.9 Å². The minimum Gasteiger partial charge on any atom is -0.478 e. The van der Waals surface area contributed by atoms with Gasteiger partial charge in [0.2, 0.25) is 0 Å². The van der Waals surface area contributed by atoms with Crippen molar-refractivity contribution in [2.24, 2.45) is 0 Å². The van der Waals surface area contributed by atoms with Gasteiger partial charge in [-0.15, -0.1) is 0 Å². The smallest absolute Gasteiger partial charge is 0.407 e. The Hall–Kier alpha value is -4.28. The Bertz CT molecular complexity index is 1250. The monoisotopic (exact) mass is 478 g/mol. The molecule has 0 saturated carbocycles. The Balaban J connectivity index is 1.37. The minimum atomic E-state index is -1.74. The van der Waals surface area contributed by atoms with E-state index in [1.54, 1.807) is 0 Å². The molecule has 3 aromatic carbocycles. The van der Waals surface area contributed by atoms with Crippen LogP contribution in [0.5, 0.6) is 0 Å². The predicted molar refractivity (Wildman–Crippen MR) is 124 cm³/mol. The third-order valence-corrected chi connectivity index (χ3v) is 5.96. The summed E-state index contributed by atoms with van der Waals surface area (Å²) in [5, 5.41) is 43.3. The number of alkyl carbamates (subject to hydrolysis) is 1. The maximum Gasteiger partial charge on any atom is 0.407 e. The van der Waals surface area contributed by atoms with Crippen molar-refractivity contribution in [1.82, 2.24) is 5.32 Å². The fraction of sp³-hybridized carbons (Fsp3) is 0.200. The van der Waals surface area contributed by atoms with Crippen LogP contribution in [0.2, 0.25) is 0 Å². The van der Waals surface area contributed by atoms with Crippen LogP contribution in [-0.2, 0) is 4.74 Å². The topological polar surface area (TPSA) is 159 Å². The van der Waals surface area contributed by atoms with Crippen molar-refractivity contribution in [3.63, 3.8) is 0 Å². The maximum absolute atomic E-state index is 12.3. The lowest BCUT2D eigenvalue weighted by atomic mass is 9.98.